The van der Waals surface area contributed by atoms with Gasteiger partial charge in [0.25, 0.3) is 0 Å². The second kappa shape index (κ2) is 14.9. The summed E-state index contributed by atoms with van der Waals surface area (Å²) in [6, 6.07) is 65.8. The van der Waals surface area contributed by atoms with Crippen LogP contribution in [0, 0.1) is 0 Å². The van der Waals surface area contributed by atoms with Gasteiger partial charge in [0.05, 0.1) is 0 Å². The molecular formula is C51H37N3. The van der Waals surface area contributed by atoms with Crippen molar-refractivity contribution in [3.8, 4) is 67.5 Å². The van der Waals surface area contributed by atoms with E-state index in [0.29, 0.717) is 17.5 Å². The summed E-state index contributed by atoms with van der Waals surface area (Å²) in [6.45, 7) is 0. The molecule has 0 N–H and O–H groups in total. The number of hydrogen-bond donors (Lipinski definition) is 0. The van der Waals surface area contributed by atoms with Gasteiger partial charge in [0.2, 0.25) is 0 Å². The van der Waals surface area contributed by atoms with Gasteiger partial charge in [0.1, 0.15) is 0 Å². The highest BCUT2D eigenvalue weighted by Crippen LogP contribution is 2.35. The van der Waals surface area contributed by atoms with Crippen LogP contribution in [0.1, 0.15) is 24.0 Å². The number of rotatable bonds is 8. The molecule has 0 spiro atoms. The molecule has 8 aromatic rings. The van der Waals surface area contributed by atoms with Crippen LogP contribution in [0.15, 0.2) is 200 Å². The predicted octanol–water partition coefficient (Wildman–Crippen LogP) is 13.1. The minimum absolute atomic E-state index is 0.639. The van der Waals surface area contributed by atoms with Crippen molar-refractivity contribution < 1.29 is 0 Å². The lowest BCUT2D eigenvalue weighted by atomic mass is 9.90. The Morgan fingerprint density at radius 1 is 0.296 bits per heavy atom. The molecule has 1 aromatic heterocycles. The topological polar surface area (TPSA) is 38.7 Å². The molecule has 0 bridgehead atoms. The molecule has 0 amide bonds. The van der Waals surface area contributed by atoms with Gasteiger partial charge >= 0.3 is 0 Å². The molecular weight excluding hydrogens is 655 g/mol. The fourth-order valence-electron chi connectivity index (χ4n) is 7.19. The monoisotopic (exact) mass is 691 g/mol. The molecule has 0 atom stereocenters. The van der Waals surface area contributed by atoms with E-state index in [4.69, 9.17) is 15.0 Å². The highest BCUT2D eigenvalue weighted by molar-refractivity contribution is 5.87. The van der Waals surface area contributed by atoms with Crippen molar-refractivity contribution in [1.82, 2.24) is 15.0 Å². The molecule has 0 unspecified atom stereocenters. The Balaban J connectivity index is 1.10. The molecule has 3 nitrogen and oxygen atoms in total. The second-order valence-electron chi connectivity index (χ2n) is 13.5. The van der Waals surface area contributed by atoms with Gasteiger partial charge in [-0.3, -0.25) is 0 Å². The van der Waals surface area contributed by atoms with Crippen molar-refractivity contribution in [2.45, 2.75) is 12.8 Å². The maximum absolute atomic E-state index is 5.16. The number of hydrogen-bond acceptors (Lipinski definition) is 3. The van der Waals surface area contributed by atoms with E-state index in [1.807, 2.05) is 12.1 Å². The third-order valence-corrected chi connectivity index (χ3v) is 10.1. The van der Waals surface area contributed by atoms with Crippen LogP contribution < -0.4 is 0 Å². The van der Waals surface area contributed by atoms with Crippen molar-refractivity contribution in [2.24, 2.45) is 0 Å². The zero-order chi connectivity index (χ0) is 36.1. The summed E-state index contributed by atoms with van der Waals surface area (Å²) >= 11 is 0. The SMILES string of the molecule is C1=C(c2ccccc2)C=C(c2ccc(-c3nc(-c4ccc(-c5ccccc5)cc4)nc(-c4ccccc4-c4ccc(-c5ccccc5)cc4)n3)cc2)CC1. The zero-order valence-corrected chi connectivity index (χ0v) is 29.8. The van der Waals surface area contributed by atoms with Crippen LogP contribution in [-0.2, 0) is 0 Å². The van der Waals surface area contributed by atoms with Crippen molar-refractivity contribution in [3.63, 3.8) is 0 Å². The maximum atomic E-state index is 5.16. The van der Waals surface area contributed by atoms with E-state index in [9.17, 15) is 0 Å². The molecule has 0 radical (unpaired) electrons. The van der Waals surface area contributed by atoms with Crippen LogP contribution in [0.2, 0.25) is 0 Å². The van der Waals surface area contributed by atoms with Gasteiger partial charge in [-0.1, -0.05) is 200 Å². The lowest BCUT2D eigenvalue weighted by Gasteiger charge is -2.15. The molecule has 9 rings (SSSR count). The minimum atomic E-state index is 0.639. The summed E-state index contributed by atoms with van der Waals surface area (Å²) < 4.78 is 0. The van der Waals surface area contributed by atoms with E-state index in [1.54, 1.807) is 0 Å². The minimum Gasteiger partial charge on any atom is -0.208 e. The summed E-state index contributed by atoms with van der Waals surface area (Å²) in [5, 5.41) is 0. The lowest BCUT2D eigenvalue weighted by molar-refractivity contribution is 1.06. The highest BCUT2D eigenvalue weighted by atomic mass is 15.0. The van der Waals surface area contributed by atoms with E-state index < -0.39 is 0 Å². The Labute approximate surface area is 316 Å². The van der Waals surface area contributed by atoms with Crippen molar-refractivity contribution >= 4 is 11.1 Å². The Kier molecular flexibility index (Phi) is 9.11. The van der Waals surface area contributed by atoms with Crippen LogP contribution in [0.25, 0.3) is 78.7 Å². The lowest BCUT2D eigenvalue weighted by Crippen LogP contribution is -2.01. The van der Waals surface area contributed by atoms with E-state index in [0.717, 1.165) is 46.2 Å². The second-order valence-corrected chi connectivity index (χ2v) is 13.5. The molecule has 0 saturated heterocycles. The summed E-state index contributed by atoms with van der Waals surface area (Å²) in [5.41, 5.74) is 14.8. The summed E-state index contributed by atoms with van der Waals surface area (Å²) in [7, 11) is 0. The van der Waals surface area contributed by atoms with Gasteiger partial charge in [-0.25, -0.2) is 15.0 Å². The molecule has 54 heavy (non-hydrogen) atoms. The quantitative estimate of drug-likeness (QED) is 0.159. The van der Waals surface area contributed by atoms with Gasteiger partial charge < -0.3 is 0 Å². The standard InChI is InChI=1S/C51H37N3/c1-4-13-36(14-5-1)39-23-29-42(30-24-39)47-21-10-11-22-48(47)51-53-49(43-31-25-40(26-32-43)37-15-6-2-7-16-37)52-50(54-51)44-33-27-41(28-34-44)46-20-12-19-45(35-46)38-17-8-3-9-18-38/h1-11,13-19,21-35H,12,20H2. The Morgan fingerprint density at radius 3 is 1.22 bits per heavy atom. The molecule has 0 fully saturated rings. The highest BCUT2D eigenvalue weighted by Gasteiger charge is 2.17. The number of allylic oxidation sites excluding steroid dienone is 4. The molecule has 1 heterocycles. The fraction of sp³-hybridized carbons (Fsp3) is 0.0392. The van der Waals surface area contributed by atoms with Crippen LogP contribution in [-0.4, -0.2) is 15.0 Å². The normalized spacial score (nSPS) is 12.5. The third kappa shape index (κ3) is 6.96. The van der Waals surface area contributed by atoms with Crippen LogP contribution >= 0.6 is 0 Å². The first-order valence-corrected chi connectivity index (χ1v) is 18.5. The van der Waals surface area contributed by atoms with Crippen LogP contribution in [0.3, 0.4) is 0 Å². The molecule has 1 aliphatic rings. The predicted molar refractivity (Wildman–Crippen MR) is 224 cm³/mol. The molecule has 0 saturated carbocycles. The Morgan fingerprint density at radius 2 is 0.685 bits per heavy atom. The van der Waals surface area contributed by atoms with E-state index in [1.165, 1.54) is 39.0 Å². The largest absolute Gasteiger partial charge is 0.208 e. The van der Waals surface area contributed by atoms with E-state index in [2.05, 4.69) is 188 Å². The molecule has 3 heteroatoms. The fourth-order valence-corrected chi connectivity index (χ4v) is 7.19. The first kappa shape index (κ1) is 32.9. The Bertz CT molecular complexity index is 2590. The molecule has 256 valence electrons. The smallest absolute Gasteiger partial charge is 0.164 e. The van der Waals surface area contributed by atoms with E-state index >= 15 is 0 Å². The average Bonchev–Trinajstić information content (AvgIpc) is 3.27. The first-order valence-electron chi connectivity index (χ1n) is 18.5. The number of nitrogens with zero attached hydrogens (tertiary/aromatic N) is 3. The number of aromatic nitrogens is 3. The van der Waals surface area contributed by atoms with Crippen molar-refractivity contribution in [2.75, 3.05) is 0 Å². The van der Waals surface area contributed by atoms with Gasteiger partial charge in [0.15, 0.2) is 17.5 Å². The number of benzene rings is 7. The van der Waals surface area contributed by atoms with Gasteiger partial charge in [-0.2, -0.15) is 0 Å². The third-order valence-electron chi connectivity index (χ3n) is 10.1. The summed E-state index contributed by atoms with van der Waals surface area (Å²) in [5.74, 6) is 1.92. The van der Waals surface area contributed by atoms with Crippen LogP contribution in [0.5, 0.6) is 0 Å². The summed E-state index contributed by atoms with van der Waals surface area (Å²) in [6.07, 6.45) is 6.70. The molecule has 7 aromatic carbocycles. The van der Waals surface area contributed by atoms with Crippen molar-refractivity contribution in [1.29, 1.82) is 0 Å². The van der Waals surface area contributed by atoms with Gasteiger partial charge in [0, 0.05) is 16.7 Å². The zero-order valence-electron chi connectivity index (χ0n) is 29.8. The average molecular weight is 692 g/mol. The van der Waals surface area contributed by atoms with Gasteiger partial charge in [-0.05, 0) is 68.5 Å². The first-order chi connectivity index (χ1) is 26.7. The van der Waals surface area contributed by atoms with Crippen molar-refractivity contribution in [3.05, 3.63) is 211 Å². The van der Waals surface area contributed by atoms with Gasteiger partial charge in [-0.15, -0.1) is 0 Å². The Hall–Kier alpha value is -6.97. The molecule has 1 aliphatic carbocycles. The van der Waals surface area contributed by atoms with E-state index in [-0.39, 0.29) is 0 Å². The summed E-state index contributed by atoms with van der Waals surface area (Å²) in [4.78, 5) is 15.4. The maximum Gasteiger partial charge on any atom is 0.164 e. The van der Waals surface area contributed by atoms with Crippen LogP contribution in [0.4, 0.5) is 0 Å². The molecule has 0 aliphatic heterocycles.